The second kappa shape index (κ2) is 5.22. The van der Waals surface area contributed by atoms with Gasteiger partial charge in [0.15, 0.2) is 0 Å². The van der Waals surface area contributed by atoms with Gasteiger partial charge in [-0.05, 0) is 23.6 Å². The number of benzene rings is 2. The van der Waals surface area contributed by atoms with E-state index in [0.29, 0.717) is 22.5 Å². The molecule has 0 spiro atoms. The van der Waals surface area contributed by atoms with Crippen molar-refractivity contribution in [3.8, 4) is 17.2 Å². The SMILES string of the molecule is COc1cc(-n2nc3ccc(F)cc3n2)c(O)c(C(C)(C)C)c1. The lowest BCUT2D eigenvalue weighted by Crippen LogP contribution is -2.13. The normalized spacial score (nSPS) is 11.9. The second-order valence-electron chi connectivity index (χ2n) is 6.42. The molecular weight excluding hydrogens is 297 g/mol. The van der Waals surface area contributed by atoms with Crippen molar-refractivity contribution in [1.82, 2.24) is 15.0 Å². The van der Waals surface area contributed by atoms with E-state index in [1.54, 1.807) is 25.3 Å². The van der Waals surface area contributed by atoms with Gasteiger partial charge in [0.1, 0.15) is 34.0 Å². The third-order valence-electron chi connectivity index (χ3n) is 3.66. The Bertz CT molecular complexity index is 881. The first-order chi connectivity index (χ1) is 10.8. The Morgan fingerprint density at radius 3 is 2.43 bits per heavy atom. The second-order valence-corrected chi connectivity index (χ2v) is 6.42. The van der Waals surface area contributed by atoms with E-state index < -0.39 is 0 Å². The quantitative estimate of drug-likeness (QED) is 0.785. The van der Waals surface area contributed by atoms with E-state index in [1.807, 2.05) is 20.8 Å². The average Bonchev–Trinajstić information content (AvgIpc) is 2.89. The summed E-state index contributed by atoms with van der Waals surface area (Å²) in [6.07, 6.45) is 0. The molecule has 0 atom stereocenters. The fraction of sp³-hybridized carbons (Fsp3) is 0.294. The van der Waals surface area contributed by atoms with Gasteiger partial charge in [0, 0.05) is 17.7 Å². The zero-order valence-corrected chi connectivity index (χ0v) is 13.5. The topological polar surface area (TPSA) is 60.2 Å². The first-order valence-corrected chi connectivity index (χ1v) is 7.24. The summed E-state index contributed by atoms with van der Waals surface area (Å²) in [6, 6.07) is 7.63. The Morgan fingerprint density at radius 1 is 1.09 bits per heavy atom. The van der Waals surface area contributed by atoms with Gasteiger partial charge in [-0.25, -0.2) is 4.39 Å². The maximum atomic E-state index is 13.3. The standard InChI is InChI=1S/C17H18FN3O2/c1-17(2,3)12-8-11(23-4)9-15(16(12)22)21-19-13-6-5-10(18)7-14(13)20-21/h5-9,22H,1-4H3. The number of phenolic OH excluding ortho intramolecular Hbond substituents is 1. The Balaban J connectivity index is 2.24. The van der Waals surface area contributed by atoms with Gasteiger partial charge >= 0.3 is 0 Å². The summed E-state index contributed by atoms with van der Waals surface area (Å²) < 4.78 is 18.6. The molecule has 5 nitrogen and oxygen atoms in total. The molecule has 0 unspecified atom stereocenters. The molecule has 3 rings (SSSR count). The van der Waals surface area contributed by atoms with Crippen LogP contribution in [0.3, 0.4) is 0 Å². The van der Waals surface area contributed by atoms with Crippen LogP contribution in [-0.4, -0.2) is 27.2 Å². The van der Waals surface area contributed by atoms with Crippen molar-refractivity contribution in [2.24, 2.45) is 0 Å². The molecule has 6 heteroatoms. The van der Waals surface area contributed by atoms with Crippen molar-refractivity contribution in [2.45, 2.75) is 26.2 Å². The molecule has 0 bridgehead atoms. The Labute approximate surface area is 133 Å². The highest BCUT2D eigenvalue weighted by atomic mass is 19.1. The van der Waals surface area contributed by atoms with E-state index >= 15 is 0 Å². The predicted octanol–water partition coefficient (Wildman–Crippen LogP) is 3.57. The van der Waals surface area contributed by atoms with E-state index in [0.717, 1.165) is 5.56 Å². The Hall–Kier alpha value is -2.63. The van der Waals surface area contributed by atoms with Crippen LogP contribution in [0, 0.1) is 5.82 Å². The van der Waals surface area contributed by atoms with Gasteiger partial charge in [-0.15, -0.1) is 15.0 Å². The first-order valence-electron chi connectivity index (χ1n) is 7.24. The summed E-state index contributed by atoms with van der Waals surface area (Å²) in [6.45, 7) is 5.98. The molecule has 1 N–H and O–H groups in total. The number of hydrogen-bond acceptors (Lipinski definition) is 4. The highest BCUT2D eigenvalue weighted by molar-refractivity contribution is 5.74. The highest BCUT2D eigenvalue weighted by Crippen LogP contribution is 2.38. The first kappa shape index (κ1) is 15.3. The lowest BCUT2D eigenvalue weighted by Gasteiger charge is -2.22. The molecule has 0 amide bonds. The molecule has 1 aromatic heterocycles. The van der Waals surface area contributed by atoms with Crippen molar-refractivity contribution in [3.05, 3.63) is 41.7 Å². The van der Waals surface area contributed by atoms with Gasteiger partial charge in [-0.3, -0.25) is 0 Å². The molecule has 0 aliphatic carbocycles. The number of ether oxygens (including phenoxy) is 1. The van der Waals surface area contributed by atoms with Crippen LogP contribution in [-0.2, 0) is 5.41 Å². The maximum absolute atomic E-state index is 13.3. The summed E-state index contributed by atoms with van der Waals surface area (Å²) in [5.74, 6) is 0.295. The van der Waals surface area contributed by atoms with Crippen molar-refractivity contribution in [1.29, 1.82) is 0 Å². The molecule has 0 saturated carbocycles. The van der Waals surface area contributed by atoms with E-state index in [1.165, 1.54) is 16.9 Å². The van der Waals surface area contributed by atoms with Gasteiger partial charge in [0.05, 0.1) is 7.11 Å². The summed E-state index contributed by atoms with van der Waals surface area (Å²) in [4.78, 5) is 1.30. The number of fused-ring (bicyclic) bond motifs is 1. The van der Waals surface area contributed by atoms with Crippen molar-refractivity contribution in [3.63, 3.8) is 0 Å². The largest absolute Gasteiger partial charge is 0.505 e. The number of aromatic hydroxyl groups is 1. The van der Waals surface area contributed by atoms with Crippen LogP contribution < -0.4 is 4.74 Å². The van der Waals surface area contributed by atoms with Gasteiger partial charge in [-0.2, -0.15) is 0 Å². The summed E-state index contributed by atoms with van der Waals surface area (Å²) in [7, 11) is 1.56. The van der Waals surface area contributed by atoms with Crippen molar-refractivity contribution < 1.29 is 14.2 Å². The molecule has 0 aliphatic heterocycles. The van der Waals surface area contributed by atoms with E-state index in [2.05, 4.69) is 10.2 Å². The van der Waals surface area contributed by atoms with Crippen LogP contribution in [0.2, 0.25) is 0 Å². The lowest BCUT2D eigenvalue weighted by atomic mass is 9.86. The molecule has 1 heterocycles. The third kappa shape index (κ3) is 2.72. The van der Waals surface area contributed by atoms with Crippen LogP contribution in [0.15, 0.2) is 30.3 Å². The highest BCUT2D eigenvalue weighted by Gasteiger charge is 2.23. The van der Waals surface area contributed by atoms with Crippen LogP contribution in [0.4, 0.5) is 4.39 Å². The number of phenols is 1. The summed E-state index contributed by atoms with van der Waals surface area (Å²) >= 11 is 0. The molecule has 0 saturated heterocycles. The Morgan fingerprint density at radius 2 is 1.78 bits per heavy atom. The third-order valence-corrected chi connectivity index (χ3v) is 3.66. The van der Waals surface area contributed by atoms with E-state index in [4.69, 9.17) is 4.74 Å². The molecule has 3 aromatic rings. The zero-order chi connectivity index (χ0) is 16.8. The number of halogens is 1. The van der Waals surface area contributed by atoms with Gasteiger partial charge in [0.2, 0.25) is 0 Å². The summed E-state index contributed by atoms with van der Waals surface area (Å²) in [5.41, 5.74) is 1.80. The van der Waals surface area contributed by atoms with Crippen LogP contribution in [0.5, 0.6) is 11.5 Å². The average molecular weight is 315 g/mol. The molecule has 0 aliphatic rings. The molecular formula is C17H18FN3O2. The smallest absolute Gasteiger partial charge is 0.147 e. The number of aromatic nitrogens is 3. The molecule has 0 radical (unpaired) electrons. The monoisotopic (exact) mass is 315 g/mol. The number of methoxy groups -OCH3 is 1. The number of rotatable bonds is 2. The lowest BCUT2D eigenvalue weighted by molar-refractivity contribution is 0.403. The maximum Gasteiger partial charge on any atom is 0.147 e. The molecule has 120 valence electrons. The van der Waals surface area contributed by atoms with E-state index in [-0.39, 0.29) is 17.0 Å². The van der Waals surface area contributed by atoms with Gasteiger partial charge in [-0.1, -0.05) is 20.8 Å². The van der Waals surface area contributed by atoms with Gasteiger partial charge in [0.25, 0.3) is 0 Å². The molecule has 23 heavy (non-hydrogen) atoms. The fourth-order valence-electron chi connectivity index (χ4n) is 2.43. The molecule has 2 aromatic carbocycles. The Kier molecular flexibility index (Phi) is 3.47. The fourth-order valence-corrected chi connectivity index (χ4v) is 2.43. The van der Waals surface area contributed by atoms with Crippen molar-refractivity contribution in [2.75, 3.05) is 7.11 Å². The number of nitrogens with zero attached hydrogens (tertiary/aromatic N) is 3. The van der Waals surface area contributed by atoms with E-state index in [9.17, 15) is 9.50 Å². The minimum Gasteiger partial charge on any atom is -0.505 e. The summed E-state index contributed by atoms with van der Waals surface area (Å²) in [5, 5.41) is 19.2. The predicted molar refractivity (Wildman–Crippen MR) is 85.7 cm³/mol. The minimum atomic E-state index is -0.380. The van der Waals surface area contributed by atoms with Crippen LogP contribution >= 0.6 is 0 Å². The minimum absolute atomic E-state index is 0.0825. The zero-order valence-electron chi connectivity index (χ0n) is 13.5. The van der Waals surface area contributed by atoms with Crippen LogP contribution in [0.25, 0.3) is 16.7 Å². The van der Waals surface area contributed by atoms with Gasteiger partial charge < -0.3 is 9.84 Å². The van der Waals surface area contributed by atoms with Crippen LogP contribution in [0.1, 0.15) is 26.3 Å². The molecule has 0 fully saturated rings. The van der Waals surface area contributed by atoms with Crippen molar-refractivity contribution >= 4 is 11.0 Å². The number of hydrogen-bond donors (Lipinski definition) is 1.